The molecule has 0 aliphatic carbocycles. The van der Waals surface area contributed by atoms with Crippen molar-refractivity contribution in [2.24, 2.45) is 0 Å². The fraction of sp³-hybridized carbons (Fsp3) is 0.250. The second-order valence-corrected chi connectivity index (χ2v) is 5.71. The Hall–Kier alpha value is -1.42. The second kappa shape index (κ2) is 6.56. The van der Waals surface area contributed by atoms with Crippen molar-refractivity contribution in [3.63, 3.8) is 0 Å². The summed E-state index contributed by atoms with van der Waals surface area (Å²) in [4.78, 5) is 0. The molecule has 0 aromatic heterocycles. The molecule has 0 radical (unpaired) electrons. The standard InChI is InChI=1S/C16H15Cl2NO2/c17-12-6-5-11(14(18)7-12)8-19-9-13-10-20-15-3-1-2-4-16(15)21-13/h1-7,13,19H,8-10H2. The quantitative estimate of drug-likeness (QED) is 0.924. The van der Waals surface area contributed by atoms with Gasteiger partial charge in [0.1, 0.15) is 12.7 Å². The summed E-state index contributed by atoms with van der Waals surface area (Å²) < 4.78 is 11.5. The summed E-state index contributed by atoms with van der Waals surface area (Å²) in [6.45, 7) is 1.89. The summed E-state index contributed by atoms with van der Waals surface area (Å²) in [5.41, 5.74) is 1.01. The van der Waals surface area contributed by atoms with Crippen LogP contribution in [0.3, 0.4) is 0 Å². The average Bonchev–Trinajstić information content (AvgIpc) is 2.49. The number of nitrogens with one attached hydrogen (secondary N) is 1. The first-order valence-corrected chi connectivity index (χ1v) is 7.51. The molecular weight excluding hydrogens is 309 g/mol. The lowest BCUT2D eigenvalue weighted by molar-refractivity contribution is 0.0902. The molecule has 21 heavy (non-hydrogen) atoms. The molecule has 1 unspecified atom stereocenters. The third-order valence-electron chi connectivity index (χ3n) is 3.27. The number of para-hydroxylation sites is 2. The van der Waals surface area contributed by atoms with Crippen molar-refractivity contribution in [1.29, 1.82) is 0 Å². The Kier molecular flexibility index (Phi) is 4.54. The zero-order chi connectivity index (χ0) is 14.7. The molecule has 0 fully saturated rings. The SMILES string of the molecule is Clc1ccc(CNCC2COc3ccccc3O2)c(Cl)c1. The van der Waals surface area contributed by atoms with Crippen LogP contribution in [0.25, 0.3) is 0 Å². The van der Waals surface area contributed by atoms with E-state index in [0.29, 0.717) is 29.7 Å². The Balaban J connectivity index is 1.52. The molecule has 2 aromatic carbocycles. The predicted molar refractivity (Wildman–Crippen MR) is 84.5 cm³/mol. The van der Waals surface area contributed by atoms with E-state index >= 15 is 0 Å². The van der Waals surface area contributed by atoms with Crippen LogP contribution >= 0.6 is 23.2 Å². The van der Waals surface area contributed by atoms with Gasteiger partial charge in [0.25, 0.3) is 0 Å². The molecule has 110 valence electrons. The van der Waals surface area contributed by atoms with Crippen molar-refractivity contribution in [3.05, 3.63) is 58.1 Å². The monoisotopic (exact) mass is 323 g/mol. The van der Waals surface area contributed by atoms with Gasteiger partial charge in [0.2, 0.25) is 0 Å². The van der Waals surface area contributed by atoms with Gasteiger partial charge in [-0.1, -0.05) is 41.4 Å². The van der Waals surface area contributed by atoms with Crippen LogP contribution in [0.1, 0.15) is 5.56 Å². The topological polar surface area (TPSA) is 30.5 Å². The first-order valence-electron chi connectivity index (χ1n) is 6.75. The van der Waals surface area contributed by atoms with Crippen LogP contribution in [0.5, 0.6) is 11.5 Å². The molecule has 0 saturated heterocycles. The molecule has 3 nitrogen and oxygen atoms in total. The van der Waals surface area contributed by atoms with Gasteiger partial charge in [0, 0.05) is 23.1 Å². The summed E-state index contributed by atoms with van der Waals surface area (Å²) >= 11 is 12.0. The molecule has 0 saturated carbocycles. The maximum atomic E-state index is 6.14. The van der Waals surface area contributed by atoms with Crippen molar-refractivity contribution in [3.8, 4) is 11.5 Å². The van der Waals surface area contributed by atoms with Crippen LogP contribution in [-0.4, -0.2) is 19.3 Å². The van der Waals surface area contributed by atoms with Gasteiger partial charge in [0.05, 0.1) is 0 Å². The van der Waals surface area contributed by atoms with Crippen LogP contribution in [0.4, 0.5) is 0 Å². The van der Waals surface area contributed by atoms with Gasteiger partial charge in [-0.25, -0.2) is 0 Å². The summed E-state index contributed by atoms with van der Waals surface area (Å²) in [7, 11) is 0. The fourth-order valence-corrected chi connectivity index (χ4v) is 2.67. The lowest BCUT2D eigenvalue weighted by Crippen LogP contribution is -2.38. The second-order valence-electron chi connectivity index (χ2n) is 4.86. The van der Waals surface area contributed by atoms with Gasteiger partial charge in [-0.3, -0.25) is 0 Å². The number of benzene rings is 2. The summed E-state index contributed by atoms with van der Waals surface area (Å²) in [5.74, 6) is 1.59. The Morgan fingerprint density at radius 2 is 1.90 bits per heavy atom. The van der Waals surface area contributed by atoms with Crippen LogP contribution in [-0.2, 0) is 6.54 Å². The highest BCUT2D eigenvalue weighted by atomic mass is 35.5. The zero-order valence-electron chi connectivity index (χ0n) is 11.3. The smallest absolute Gasteiger partial charge is 0.161 e. The van der Waals surface area contributed by atoms with E-state index < -0.39 is 0 Å². The maximum Gasteiger partial charge on any atom is 0.161 e. The molecule has 1 N–H and O–H groups in total. The van der Waals surface area contributed by atoms with Crippen LogP contribution < -0.4 is 14.8 Å². The van der Waals surface area contributed by atoms with Gasteiger partial charge in [-0.05, 0) is 29.8 Å². The minimum atomic E-state index is -0.00836. The molecule has 1 heterocycles. The molecule has 3 rings (SSSR count). The van der Waals surface area contributed by atoms with E-state index in [4.69, 9.17) is 32.7 Å². The summed E-state index contributed by atoms with van der Waals surface area (Å²) in [5, 5.41) is 4.64. The number of ether oxygens (including phenoxy) is 2. The van der Waals surface area contributed by atoms with Gasteiger partial charge < -0.3 is 14.8 Å². The zero-order valence-corrected chi connectivity index (χ0v) is 12.8. The maximum absolute atomic E-state index is 6.14. The number of fused-ring (bicyclic) bond motifs is 1. The average molecular weight is 324 g/mol. The Labute approximate surface area is 133 Å². The molecule has 2 aromatic rings. The van der Waals surface area contributed by atoms with Crippen molar-refractivity contribution in [2.75, 3.05) is 13.2 Å². The van der Waals surface area contributed by atoms with E-state index in [-0.39, 0.29) is 6.10 Å². The number of hydrogen-bond acceptors (Lipinski definition) is 3. The van der Waals surface area contributed by atoms with Crippen LogP contribution in [0, 0.1) is 0 Å². The van der Waals surface area contributed by atoms with E-state index in [2.05, 4.69) is 5.32 Å². The molecule has 0 bridgehead atoms. The van der Waals surface area contributed by atoms with Gasteiger partial charge in [-0.15, -0.1) is 0 Å². The van der Waals surface area contributed by atoms with Crippen LogP contribution in [0.2, 0.25) is 10.0 Å². The first-order chi connectivity index (χ1) is 10.2. The van der Waals surface area contributed by atoms with Crippen molar-refractivity contribution in [1.82, 2.24) is 5.32 Å². The first kappa shape index (κ1) is 14.5. The van der Waals surface area contributed by atoms with Gasteiger partial charge in [-0.2, -0.15) is 0 Å². The highest BCUT2D eigenvalue weighted by Crippen LogP contribution is 2.30. The van der Waals surface area contributed by atoms with Gasteiger partial charge >= 0.3 is 0 Å². The lowest BCUT2D eigenvalue weighted by Gasteiger charge is -2.26. The Morgan fingerprint density at radius 1 is 1.10 bits per heavy atom. The highest BCUT2D eigenvalue weighted by molar-refractivity contribution is 6.35. The van der Waals surface area contributed by atoms with Crippen molar-refractivity contribution < 1.29 is 9.47 Å². The third-order valence-corrected chi connectivity index (χ3v) is 3.86. The largest absolute Gasteiger partial charge is 0.486 e. The minimum absolute atomic E-state index is 0.00836. The fourth-order valence-electron chi connectivity index (χ4n) is 2.20. The number of halogens is 2. The third kappa shape index (κ3) is 3.62. The van der Waals surface area contributed by atoms with E-state index in [1.165, 1.54) is 0 Å². The molecule has 5 heteroatoms. The minimum Gasteiger partial charge on any atom is -0.486 e. The molecular formula is C16H15Cl2NO2. The van der Waals surface area contributed by atoms with Gasteiger partial charge in [0.15, 0.2) is 11.5 Å². The van der Waals surface area contributed by atoms with E-state index in [9.17, 15) is 0 Å². The molecule has 0 spiro atoms. The van der Waals surface area contributed by atoms with E-state index in [0.717, 1.165) is 17.1 Å². The summed E-state index contributed by atoms with van der Waals surface area (Å²) in [6, 6.07) is 13.2. The molecule has 1 aliphatic rings. The lowest BCUT2D eigenvalue weighted by atomic mass is 10.2. The summed E-state index contributed by atoms with van der Waals surface area (Å²) in [6.07, 6.45) is -0.00836. The Bertz CT molecular complexity index is 633. The highest BCUT2D eigenvalue weighted by Gasteiger charge is 2.19. The molecule has 0 amide bonds. The number of hydrogen-bond donors (Lipinski definition) is 1. The van der Waals surface area contributed by atoms with Crippen LogP contribution in [0.15, 0.2) is 42.5 Å². The van der Waals surface area contributed by atoms with E-state index in [1.54, 1.807) is 6.07 Å². The van der Waals surface area contributed by atoms with E-state index in [1.807, 2.05) is 36.4 Å². The Morgan fingerprint density at radius 3 is 2.71 bits per heavy atom. The molecule has 1 aliphatic heterocycles. The molecule has 1 atom stereocenters. The normalized spacial score (nSPS) is 16.8. The van der Waals surface area contributed by atoms with Crippen molar-refractivity contribution >= 4 is 23.2 Å². The number of rotatable bonds is 4. The van der Waals surface area contributed by atoms with Crippen molar-refractivity contribution in [2.45, 2.75) is 12.6 Å². The predicted octanol–water partition coefficient (Wildman–Crippen LogP) is 3.92.